The van der Waals surface area contributed by atoms with Crippen molar-refractivity contribution < 1.29 is 9.15 Å². The molecule has 0 atom stereocenters. The molecule has 0 aliphatic carbocycles. The smallest absolute Gasteiger partial charge is 0.134 e. The summed E-state index contributed by atoms with van der Waals surface area (Å²) < 4.78 is 10.7. The summed E-state index contributed by atoms with van der Waals surface area (Å²) in [6.45, 7) is 0. The van der Waals surface area contributed by atoms with Gasteiger partial charge in [-0.15, -0.1) is 0 Å². The lowest BCUT2D eigenvalue weighted by molar-refractivity contribution is 0.415. The number of hydrogen-bond acceptors (Lipinski definition) is 2. The van der Waals surface area contributed by atoms with Gasteiger partial charge in [0, 0.05) is 10.9 Å². The molecule has 2 heteroatoms. The third-order valence-electron chi connectivity index (χ3n) is 2.88. The summed E-state index contributed by atoms with van der Waals surface area (Å²) in [5, 5.41) is 1.14. The molecule has 1 heterocycles. The Hall–Kier alpha value is -2.22. The van der Waals surface area contributed by atoms with Crippen LogP contribution in [-0.2, 0) is 0 Å². The number of methoxy groups -OCH3 is 1. The summed E-state index contributed by atoms with van der Waals surface area (Å²) in [5.41, 5.74) is 3.16. The summed E-state index contributed by atoms with van der Waals surface area (Å²) in [7, 11) is 1.67. The first kappa shape index (κ1) is 9.97. The lowest BCUT2D eigenvalue weighted by Gasteiger charge is -2.01. The highest BCUT2D eigenvalue weighted by Gasteiger charge is 2.06. The predicted molar refractivity (Wildman–Crippen MR) is 68.2 cm³/mol. The zero-order valence-electron chi connectivity index (χ0n) is 9.51. The van der Waals surface area contributed by atoms with Gasteiger partial charge in [-0.2, -0.15) is 0 Å². The van der Waals surface area contributed by atoms with Gasteiger partial charge in [0.15, 0.2) is 0 Å². The zero-order chi connectivity index (χ0) is 11.7. The van der Waals surface area contributed by atoms with Crippen LogP contribution >= 0.6 is 0 Å². The van der Waals surface area contributed by atoms with Crippen molar-refractivity contribution in [1.29, 1.82) is 0 Å². The summed E-state index contributed by atoms with van der Waals surface area (Å²) in [5.74, 6) is 0.863. The van der Waals surface area contributed by atoms with Crippen molar-refractivity contribution in [2.45, 2.75) is 0 Å². The van der Waals surface area contributed by atoms with Crippen molar-refractivity contribution >= 4 is 11.0 Å². The molecule has 0 bridgehead atoms. The number of ether oxygens (including phenoxy) is 1. The van der Waals surface area contributed by atoms with Gasteiger partial charge in [-0.3, -0.25) is 0 Å². The highest BCUT2D eigenvalue weighted by molar-refractivity contribution is 5.93. The van der Waals surface area contributed by atoms with Crippen LogP contribution in [0.2, 0.25) is 0 Å². The Labute approximate surface area is 99.4 Å². The van der Waals surface area contributed by atoms with Crippen molar-refractivity contribution in [2.75, 3.05) is 7.11 Å². The number of furan rings is 1. The molecule has 3 rings (SSSR count). The molecule has 0 aliphatic heterocycles. The monoisotopic (exact) mass is 224 g/mol. The van der Waals surface area contributed by atoms with E-state index in [0.29, 0.717) is 0 Å². The first-order chi connectivity index (χ1) is 8.38. The summed E-state index contributed by atoms with van der Waals surface area (Å²) >= 11 is 0. The number of benzene rings is 2. The van der Waals surface area contributed by atoms with Crippen LogP contribution in [0, 0.1) is 0 Å². The van der Waals surface area contributed by atoms with Gasteiger partial charge in [-0.1, -0.05) is 30.3 Å². The van der Waals surface area contributed by atoms with Gasteiger partial charge in [-0.25, -0.2) is 0 Å². The van der Waals surface area contributed by atoms with Crippen LogP contribution in [0.15, 0.2) is 59.2 Å². The molecule has 17 heavy (non-hydrogen) atoms. The minimum Gasteiger partial charge on any atom is -0.497 e. The fraction of sp³-hybridized carbons (Fsp3) is 0.0667. The summed E-state index contributed by atoms with van der Waals surface area (Å²) in [4.78, 5) is 0. The third-order valence-corrected chi connectivity index (χ3v) is 2.88. The van der Waals surface area contributed by atoms with Crippen LogP contribution in [0.4, 0.5) is 0 Å². The number of rotatable bonds is 2. The van der Waals surface area contributed by atoms with Crippen LogP contribution in [0.5, 0.6) is 5.75 Å². The molecule has 2 nitrogen and oxygen atoms in total. The standard InChI is InChI=1S/C15H12O2/c1-16-12-8-6-11(7-9-12)14-10-17-15-5-3-2-4-13(14)15/h2-10H,1H3. The first-order valence-corrected chi connectivity index (χ1v) is 5.49. The van der Waals surface area contributed by atoms with Crippen molar-refractivity contribution in [3.05, 3.63) is 54.8 Å². The van der Waals surface area contributed by atoms with E-state index in [-0.39, 0.29) is 0 Å². The van der Waals surface area contributed by atoms with E-state index in [9.17, 15) is 0 Å². The van der Waals surface area contributed by atoms with Gasteiger partial charge in [-0.05, 0) is 23.8 Å². The van der Waals surface area contributed by atoms with Crippen molar-refractivity contribution in [1.82, 2.24) is 0 Å². The molecule has 0 spiro atoms. The molecule has 2 aromatic carbocycles. The Bertz CT molecular complexity index is 635. The molecule has 0 fully saturated rings. The van der Waals surface area contributed by atoms with Crippen LogP contribution in [0.3, 0.4) is 0 Å². The zero-order valence-corrected chi connectivity index (χ0v) is 9.51. The van der Waals surface area contributed by atoms with Gasteiger partial charge in [0.1, 0.15) is 11.3 Å². The van der Waals surface area contributed by atoms with E-state index in [1.54, 1.807) is 13.4 Å². The second-order valence-electron chi connectivity index (χ2n) is 3.87. The normalized spacial score (nSPS) is 10.6. The quantitative estimate of drug-likeness (QED) is 0.653. The van der Waals surface area contributed by atoms with Crippen LogP contribution < -0.4 is 4.74 Å². The second kappa shape index (κ2) is 3.98. The fourth-order valence-corrected chi connectivity index (χ4v) is 1.97. The summed E-state index contributed by atoms with van der Waals surface area (Å²) in [6.07, 6.45) is 1.80. The summed E-state index contributed by atoms with van der Waals surface area (Å²) in [6, 6.07) is 16.0. The van der Waals surface area contributed by atoms with Crippen LogP contribution in [0.25, 0.3) is 22.1 Å². The Balaban J connectivity index is 2.13. The van der Waals surface area contributed by atoms with Crippen molar-refractivity contribution in [2.24, 2.45) is 0 Å². The average molecular weight is 224 g/mol. The Kier molecular flexibility index (Phi) is 2.33. The predicted octanol–water partition coefficient (Wildman–Crippen LogP) is 4.11. The number of para-hydroxylation sites is 1. The highest BCUT2D eigenvalue weighted by Crippen LogP contribution is 2.31. The van der Waals surface area contributed by atoms with E-state index in [4.69, 9.17) is 9.15 Å². The minimum absolute atomic E-state index is 0.863. The van der Waals surface area contributed by atoms with E-state index in [2.05, 4.69) is 6.07 Å². The molecule has 1 aromatic heterocycles. The van der Waals surface area contributed by atoms with Gasteiger partial charge in [0.25, 0.3) is 0 Å². The van der Waals surface area contributed by atoms with Gasteiger partial charge in [0.05, 0.1) is 13.4 Å². The maximum absolute atomic E-state index is 5.53. The molecule has 0 unspecified atom stereocenters. The Morgan fingerprint density at radius 2 is 1.71 bits per heavy atom. The van der Waals surface area contributed by atoms with E-state index < -0.39 is 0 Å². The van der Waals surface area contributed by atoms with Crippen LogP contribution in [0.1, 0.15) is 0 Å². The van der Waals surface area contributed by atoms with Crippen LogP contribution in [-0.4, -0.2) is 7.11 Å². The molecule has 0 saturated carbocycles. The number of hydrogen-bond donors (Lipinski definition) is 0. The molecule has 0 N–H and O–H groups in total. The molecule has 0 amide bonds. The third kappa shape index (κ3) is 1.68. The lowest BCUT2D eigenvalue weighted by Crippen LogP contribution is -1.81. The number of fused-ring (bicyclic) bond motifs is 1. The van der Waals surface area contributed by atoms with Gasteiger partial charge < -0.3 is 9.15 Å². The van der Waals surface area contributed by atoms with Gasteiger partial charge >= 0.3 is 0 Å². The van der Waals surface area contributed by atoms with Crippen molar-refractivity contribution in [3.8, 4) is 16.9 Å². The maximum atomic E-state index is 5.53. The molecule has 0 saturated heterocycles. The highest BCUT2D eigenvalue weighted by atomic mass is 16.5. The molecular formula is C15H12O2. The van der Waals surface area contributed by atoms with Gasteiger partial charge in [0.2, 0.25) is 0 Å². The topological polar surface area (TPSA) is 22.4 Å². The van der Waals surface area contributed by atoms with E-state index >= 15 is 0 Å². The van der Waals surface area contributed by atoms with Crippen molar-refractivity contribution in [3.63, 3.8) is 0 Å². The van der Waals surface area contributed by atoms with E-state index in [1.807, 2.05) is 42.5 Å². The first-order valence-electron chi connectivity index (χ1n) is 5.49. The SMILES string of the molecule is COc1ccc(-c2coc3ccccc23)cc1. The largest absolute Gasteiger partial charge is 0.497 e. The molecular weight excluding hydrogens is 212 g/mol. The van der Waals surface area contributed by atoms with E-state index in [1.165, 1.54) is 0 Å². The molecule has 0 radical (unpaired) electrons. The Morgan fingerprint density at radius 3 is 2.47 bits per heavy atom. The second-order valence-corrected chi connectivity index (χ2v) is 3.87. The fourth-order valence-electron chi connectivity index (χ4n) is 1.97. The Morgan fingerprint density at radius 1 is 0.941 bits per heavy atom. The van der Waals surface area contributed by atoms with E-state index in [0.717, 1.165) is 27.8 Å². The molecule has 84 valence electrons. The molecule has 0 aliphatic rings. The maximum Gasteiger partial charge on any atom is 0.134 e. The minimum atomic E-state index is 0.863. The lowest BCUT2D eigenvalue weighted by atomic mass is 10.0. The average Bonchev–Trinajstić information content (AvgIpc) is 2.83. The molecule has 3 aromatic rings.